The first-order valence-corrected chi connectivity index (χ1v) is 11.8. The number of phenols is 6. The fourth-order valence-corrected chi connectivity index (χ4v) is 5.59. The number of aryl methyl sites for hydroxylation is 1. The fourth-order valence-electron chi connectivity index (χ4n) is 5.59. The number of carbonyl (C=O) groups excluding carboxylic acids is 2. The summed E-state index contributed by atoms with van der Waals surface area (Å²) in [6.07, 6.45) is 0. The van der Waals surface area contributed by atoms with Gasteiger partial charge in [0.2, 0.25) is 11.6 Å². The van der Waals surface area contributed by atoms with E-state index in [1.54, 1.807) is 13.0 Å². The zero-order valence-corrected chi connectivity index (χ0v) is 20.3. The first kappa shape index (κ1) is 24.1. The molecule has 0 saturated heterocycles. The van der Waals surface area contributed by atoms with Crippen molar-refractivity contribution < 1.29 is 45.3 Å². The number of phenolic OH excluding ortho intramolecular Hbond substituents is 6. The number of rotatable bonds is 1. The summed E-state index contributed by atoms with van der Waals surface area (Å²) in [5, 5.41) is 74.0. The van der Waals surface area contributed by atoms with Crippen molar-refractivity contribution in [1.29, 1.82) is 0 Å². The van der Waals surface area contributed by atoms with E-state index in [0.717, 1.165) is 12.1 Å². The van der Waals surface area contributed by atoms with E-state index in [-0.39, 0.29) is 78.5 Å². The molecule has 0 amide bonds. The summed E-state index contributed by atoms with van der Waals surface area (Å²) in [7, 11) is 0. The number of hydrogen-bond donors (Lipinski definition) is 7. The highest BCUT2D eigenvalue weighted by Crippen LogP contribution is 2.53. The monoisotopic (exact) mass is 524 g/mol. The second-order valence-corrected chi connectivity index (χ2v) is 9.59. The van der Waals surface area contributed by atoms with Crippen molar-refractivity contribution >= 4 is 22.7 Å². The molecule has 0 atom stereocenters. The van der Waals surface area contributed by atoms with Gasteiger partial charge in [-0.15, -0.1) is 0 Å². The van der Waals surface area contributed by atoms with E-state index in [1.807, 2.05) is 0 Å². The Kier molecular flexibility index (Phi) is 5.01. The van der Waals surface area contributed by atoms with Gasteiger partial charge in [0.05, 0.1) is 28.9 Å². The van der Waals surface area contributed by atoms with Gasteiger partial charge in [-0.2, -0.15) is 0 Å². The average Bonchev–Trinajstić information content (AvgIpc) is 2.83. The van der Waals surface area contributed by atoms with Gasteiger partial charge >= 0.3 is 0 Å². The average molecular weight is 524 g/mol. The van der Waals surface area contributed by atoms with Gasteiger partial charge in [-0.3, -0.25) is 9.59 Å². The Hall–Kier alpha value is -5.28. The van der Waals surface area contributed by atoms with Crippen LogP contribution < -0.4 is 0 Å². The molecule has 4 aromatic rings. The number of fused-ring (bicyclic) bond motifs is 4. The zero-order valence-electron chi connectivity index (χ0n) is 20.3. The number of aliphatic hydroxyl groups excluding tert-OH is 1. The molecule has 39 heavy (non-hydrogen) atoms. The molecule has 0 radical (unpaired) electrons. The van der Waals surface area contributed by atoms with Crippen LogP contribution in [0.4, 0.5) is 0 Å². The molecule has 9 heteroatoms. The molecule has 2 aliphatic carbocycles. The Balaban J connectivity index is 1.93. The number of hydrogen-bond acceptors (Lipinski definition) is 9. The summed E-state index contributed by atoms with van der Waals surface area (Å²) in [6, 6.07) is 10.1. The van der Waals surface area contributed by atoms with Gasteiger partial charge in [-0.25, -0.2) is 0 Å². The first-order chi connectivity index (χ1) is 18.5. The summed E-state index contributed by atoms with van der Waals surface area (Å²) < 4.78 is 0. The SMILES string of the molecule is Cc1cc(O)c2c(c1)/C(=C1/c3cc(O)cc(O)c3C(=O)c3c(O)cc(CO)cc31)c1cc(O)cc(O)c1C2=O. The number of ketones is 2. The molecule has 194 valence electrons. The van der Waals surface area contributed by atoms with Crippen LogP contribution in [0.15, 0.2) is 48.5 Å². The van der Waals surface area contributed by atoms with Gasteiger partial charge in [0, 0.05) is 23.3 Å². The lowest BCUT2D eigenvalue weighted by atomic mass is 9.71. The molecular formula is C30H20O9. The highest BCUT2D eigenvalue weighted by Gasteiger charge is 2.39. The summed E-state index contributed by atoms with van der Waals surface area (Å²) in [4.78, 5) is 27.2. The predicted molar refractivity (Wildman–Crippen MR) is 138 cm³/mol. The van der Waals surface area contributed by atoms with Gasteiger partial charge in [0.1, 0.15) is 34.5 Å². The smallest absolute Gasteiger partial charge is 0.201 e. The minimum atomic E-state index is -0.748. The Morgan fingerprint density at radius 2 is 0.897 bits per heavy atom. The minimum Gasteiger partial charge on any atom is -0.508 e. The molecule has 9 nitrogen and oxygen atoms in total. The Morgan fingerprint density at radius 1 is 0.513 bits per heavy atom. The number of aliphatic hydroxyl groups is 1. The fraction of sp³-hybridized carbons (Fsp3) is 0.0667. The molecule has 0 aliphatic heterocycles. The standard InChI is InChI=1S/C30H20O9/c1-11-2-15-23(17-6-13(32)8-21(36)27(17)29(38)25(15)19(34)3-11)24-16-4-12(10-31)5-20(35)26(16)30(39)28-18(24)7-14(33)9-22(28)37/h2-9,31-37H,10H2,1H3/b24-23-. The number of benzene rings is 4. The third-order valence-corrected chi connectivity index (χ3v) is 7.06. The Morgan fingerprint density at radius 3 is 1.36 bits per heavy atom. The van der Waals surface area contributed by atoms with Crippen molar-refractivity contribution in [3.63, 3.8) is 0 Å². The molecular weight excluding hydrogens is 504 g/mol. The molecule has 0 unspecified atom stereocenters. The molecule has 0 spiro atoms. The minimum absolute atomic E-state index is 0.0320. The predicted octanol–water partition coefficient (Wildman–Crippen LogP) is 3.82. The molecule has 0 heterocycles. The van der Waals surface area contributed by atoms with Gasteiger partial charge in [0.25, 0.3) is 0 Å². The van der Waals surface area contributed by atoms with Gasteiger partial charge in [-0.05, 0) is 70.7 Å². The molecule has 0 saturated carbocycles. The van der Waals surface area contributed by atoms with Crippen LogP contribution in [-0.2, 0) is 6.61 Å². The first-order valence-electron chi connectivity index (χ1n) is 11.8. The van der Waals surface area contributed by atoms with Crippen LogP contribution in [0.1, 0.15) is 65.2 Å². The largest absolute Gasteiger partial charge is 0.508 e. The van der Waals surface area contributed by atoms with Gasteiger partial charge in [0.15, 0.2) is 0 Å². The van der Waals surface area contributed by atoms with Crippen LogP contribution in [0.3, 0.4) is 0 Å². The normalized spacial score (nSPS) is 15.4. The number of aromatic hydroxyl groups is 6. The van der Waals surface area contributed by atoms with Crippen molar-refractivity contribution in [1.82, 2.24) is 0 Å². The Bertz CT molecular complexity index is 1780. The van der Waals surface area contributed by atoms with E-state index in [1.165, 1.54) is 30.3 Å². The third-order valence-electron chi connectivity index (χ3n) is 7.06. The molecule has 2 aliphatic rings. The summed E-state index contributed by atoms with van der Waals surface area (Å²) in [6.45, 7) is 1.19. The van der Waals surface area contributed by atoms with Crippen molar-refractivity contribution in [3.8, 4) is 34.5 Å². The van der Waals surface area contributed by atoms with E-state index in [4.69, 9.17) is 0 Å². The van der Waals surface area contributed by atoms with Crippen molar-refractivity contribution in [2.45, 2.75) is 13.5 Å². The van der Waals surface area contributed by atoms with Crippen LogP contribution >= 0.6 is 0 Å². The lowest BCUT2D eigenvalue weighted by Gasteiger charge is -2.30. The molecule has 7 N–H and O–H groups in total. The van der Waals surface area contributed by atoms with Crippen LogP contribution in [0, 0.1) is 6.92 Å². The molecule has 4 aromatic carbocycles. The van der Waals surface area contributed by atoms with Gasteiger partial charge in [-0.1, -0.05) is 6.07 Å². The quantitative estimate of drug-likeness (QED) is 0.169. The maximum absolute atomic E-state index is 13.6. The second kappa shape index (κ2) is 8.11. The summed E-state index contributed by atoms with van der Waals surface area (Å²) >= 11 is 0. The van der Waals surface area contributed by atoms with Crippen LogP contribution in [0.2, 0.25) is 0 Å². The highest BCUT2D eigenvalue weighted by atomic mass is 16.3. The van der Waals surface area contributed by atoms with Crippen LogP contribution in [0.5, 0.6) is 34.5 Å². The molecule has 0 bridgehead atoms. The van der Waals surface area contributed by atoms with Crippen molar-refractivity contribution in [3.05, 3.63) is 104 Å². The molecule has 0 aromatic heterocycles. The summed E-state index contributed by atoms with van der Waals surface area (Å²) in [5.74, 6) is -4.20. The van der Waals surface area contributed by atoms with E-state index >= 15 is 0 Å². The molecule has 0 fully saturated rings. The highest BCUT2D eigenvalue weighted by molar-refractivity contribution is 6.29. The second-order valence-electron chi connectivity index (χ2n) is 9.59. The van der Waals surface area contributed by atoms with Crippen LogP contribution in [0.25, 0.3) is 11.1 Å². The van der Waals surface area contributed by atoms with E-state index < -0.39 is 35.4 Å². The zero-order chi connectivity index (χ0) is 27.9. The summed E-state index contributed by atoms with van der Waals surface area (Å²) in [5.41, 5.74) is 0.655. The Labute approximate surface area is 220 Å². The lowest BCUT2D eigenvalue weighted by molar-refractivity contribution is 0.102. The third kappa shape index (κ3) is 3.30. The molecule has 6 rings (SSSR count). The topological polar surface area (TPSA) is 176 Å². The van der Waals surface area contributed by atoms with E-state index in [2.05, 4.69) is 0 Å². The maximum Gasteiger partial charge on any atom is 0.201 e. The van der Waals surface area contributed by atoms with Crippen LogP contribution in [-0.4, -0.2) is 47.3 Å². The van der Waals surface area contributed by atoms with E-state index in [9.17, 15) is 45.3 Å². The van der Waals surface area contributed by atoms with Crippen molar-refractivity contribution in [2.75, 3.05) is 0 Å². The maximum atomic E-state index is 13.6. The van der Waals surface area contributed by atoms with Crippen molar-refractivity contribution in [2.24, 2.45) is 0 Å². The van der Waals surface area contributed by atoms with E-state index in [0.29, 0.717) is 5.56 Å². The lowest BCUT2D eigenvalue weighted by Crippen LogP contribution is -2.20. The van der Waals surface area contributed by atoms with Gasteiger partial charge < -0.3 is 35.7 Å². The number of carbonyl (C=O) groups is 2.